The summed E-state index contributed by atoms with van der Waals surface area (Å²) in [5.74, 6) is 1.58. The van der Waals surface area contributed by atoms with Crippen molar-refractivity contribution in [1.29, 1.82) is 0 Å². The summed E-state index contributed by atoms with van der Waals surface area (Å²) in [4.78, 5) is 19.0. The largest absolute Gasteiger partial charge is 0.310 e. The van der Waals surface area contributed by atoms with Gasteiger partial charge in [-0.3, -0.25) is 4.79 Å². The molecule has 3 nitrogen and oxygen atoms in total. The van der Waals surface area contributed by atoms with Crippen LogP contribution in [0.1, 0.15) is 18.7 Å². The number of aromatic amines is 1. The normalized spacial score (nSPS) is 15.7. The third-order valence-corrected chi connectivity index (χ3v) is 2.84. The number of benzene rings is 1. The number of H-pyrrole nitrogens is 1. The maximum Gasteiger partial charge on any atom is 0.258 e. The zero-order valence-corrected chi connectivity index (χ0v) is 8.36. The van der Waals surface area contributed by atoms with Gasteiger partial charge in [-0.05, 0) is 30.9 Å². The molecular weight excluding hydrogens is 188 g/mol. The molecule has 0 unspecified atom stereocenters. The molecule has 1 aromatic carbocycles. The molecule has 2 aromatic rings. The standard InChI is InChI=1S/C12H12N2O/c15-12-9-3-1-2-4-10(9)13-11(14-12)7-8-5-6-8/h1-4,8H,5-7H2,(H,13,14,15). The molecule has 0 amide bonds. The van der Waals surface area contributed by atoms with E-state index in [4.69, 9.17) is 0 Å². The van der Waals surface area contributed by atoms with Crippen LogP contribution in [0.3, 0.4) is 0 Å². The Balaban J connectivity index is 2.13. The van der Waals surface area contributed by atoms with Gasteiger partial charge in [-0.15, -0.1) is 0 Å². The topological polar surface area (TPSA) is 45.8 Å². The Kier molecular flexibility index (Phi) is 1.84. The SMILES string of the molecule is O=c1[nH]c(CC2CC2)nc2ccccc12. The van der Waals surface area contributed by atoms with E-state index in [0.29, 0.717) is 5.39 Å². The molecule has 1 N–H and O–H groups in total. The summed E-state index contributed by atoms with van der Waals surface area (Å²) < 4.78 is 0. The quantitative estimate of drug-likeness (QED) is 0.804. The van der Waals surface area contributed by atoms with Crippen molar-refractivity contribution in [2.24, 2.45) is 5.92 Å². The lowest BCUT2D eigenvalue weighted by Gasteiger charge is -2.01. The maximum atomic E-state index is 11.7. The monoisotopic (exact) mass is 200 g/mol. The molecule has 0 spiro atoms. The van der Waals surface area contributed by atoms with Crippen LogP contribution in [0.2, 0.25) is 0 Å². The van der Waals surface area contributed by atoms with E-state index in [1.165, 1.54) is 12.8 Å². The lowest BCUT2D eigenvalue weighted by Crippen LogP contribution is -2.12. The number of nitrogens with one attached hydrogen (secondary N) is 1. The van der Waals surface area contributed by atoms with E-state index in [-0.39, 0.29) is 5.56 Å². The van der Waals surface area contributed by atoms with Gasteiger partial charge in [-0.25, -0.2) is 4.98 Å². The molecule has 3 heteroatoms. The van der Waals surface area contributed by atoms with Crippen molar-refractivity contribution >= 4 is 10.9 Å². The number of nitrogens with zero attached hydrogens (tertiary/aromatic N) is 1. The summed E-state index contributed by atoms with van der Waals surface area (Å²) in [6.45, 7) is 0. The van der Waals surface area contributed by atoms with Crippen LogP contribution in [0.15, 0.2) is 29.1 Å². The molecule has 0 atom stereocenters. The summed E-state index contributed by atoms with van der Waals surface area (Å²) in [5.41, 5.74) is 0.785. The van der Waals surface area contributed by atoms with Gasteiger partial charge >= 0.3 is 0 Å². The lowest BCUT2D eigenvalue weighted by atomic mass is 10.2. The Hall–Kier alpha value is -1.64. The molecule has 1 aliphatic rings. The molecule has 0 saturated heterocycles. The van der Waals surface area contributed by atoms with Gasteiger partial charge in [0, 0.05) is 6.42 Å². The fourth-order valence-corrected chi connectivity index (χ4v) is 1.83. The second kappa shape index (κ2) is 3.19. The van der Waals surface area contributed by atoms with Crippen LogP contribution < -0.4 is 5.56 Å². The number of para-hydroxylation sites is 1. The highest BCUT2D eigenvalue weighted by molar-refractivity contribution is 5.77. The van der Waals surface area contributed by atoms with Crippen molar-refractivity contribution in [3.05, 3.63) is 40.4 Å². The molecule has 0 radical (unpaired) electrons. The third-order valence-electron chi connectivity index (χ3n) is 2.84. The molecule has 0 aliphatic heterocycles. The Morgan fingerprint density at radius 3 is 2.93 bits per heavy atom. The van der Waals surface area contributed by atoms with Crippen LogP contribution in [0.25, 0.3) is 10.9 Å². The zero-order chi connectivity index (χ0) is 10.3. The average Bonchev–Trinajstić information content (AvgIpc) is 3.02. The highest BCUT2D eigenvalue weighted by atomic mass is 16.1. The summed E-state index contributed by atoms with van der Waals surface area (Å²) in [6, 6.07) is 7.47. The second-order valence-corrected chi connectivity index (χ2v) is 4.18. The minimum absolute atomic E-state index is 0.0174. The average molecular weight is 200 g/mol. The van der Waals surface area contributed by atoms with E-state index >= 15 is 0 Å². The summed E-state index contributed by atoms with van der Waals surface area (Å²) in [6.07, 6.45) is 3.47. The molecule has 15 heavy (non-hydrogen) atoms. The number of fused-ring (bicyclic) bond motifs is 1. The van der Waals surface area contributed by atoms with Crippen molar-refractivity contribution in [3.63, 3.8) is 0 Å². The smallest absolute Gasteiger partial charge is 0.258 e. The van der Waals surface area contributed by atoms with E-state index in [2.05, 4.69) is 9.97 Å². The first-order valence-corrected chi connectivity index (χ1v) is 5.31. The van der Waals surface area contributed by atoms with Crippen molar-refractivity contribution in [3.8, 4) is 0 Å². The van der Waals surface area contributed by atoms with E-state index in [9.17, 15) is 4.79 Å². The molecule has 1 fully saturated rings. The van der Waals surface area contributed by atoms with Gasteiger partial charge in [0.05, 0.1) is 10.9 Å². The first-order chi connectivity index (χ1) is 7.33. The first kappa shape index (κ1) is 8.65. The molecule has 76 valence electrons. The predicted molar refractivity (Wildman–Crippen MR) is 58.8 cm³/mol. The van der Waals surface area contributed by atoms with Crippen LogP contribution in [-0.2, 0) is 6.42 Å². The molecule has 1 saturated carbocycles. The van der Waals surface area contributed by atoms with Gasteiger partial charge in [-0.1, -0.05) is 12.1 Å². The summed E-state index contributed by atoms with van der Waals surface area (Å²) in [5, 5.41) is 0.678. The van der Waals surface area contributed by atoms with Crippen LogP contribution >= 0.6 is 0 Å². The fourth-order valence-electron chi connectivity index (χ4n) is 1.83. The van der Waals surface area contributed by atoms with Crippen molar-refractivity contribution in [2.45, 2.75) is 19.3 Å². The lowest BCUT2D eigenvalue weighted by molar-refractivity contribution is 0.771. The number of aromatic nitrogens is 2. The fraction of sp³-hybridized carbons (Fsp3) is 0.333. The minimum atomic E-state index is -0.0174. The van der Waals surface area contributed by atoms with Gasteiger partial charge < -0.3 is 4.98 Å². The van der Waals surface area contributed by atoms with E-state index in [1.54, 1.807) is 0 Å². The van der Waals surface area contributed by atoms with Gasteiger partial charge in [0.1, 0.15) is 5.82 Å². The van der Waals surface area contributed by atoms with Gasteiger partial charge in [0.25, 0.3) is 5.56 Å². The van der Waals surface area contributed by atoms with E-state index < -0.39 is 0 Å². The molecule has 1 heterocycles. The minimum Gasteiger partial charge on any atom is -0.310 e. The van der Waals surface area contributed by atoms with E-state index in [1.807, 2.05) is 24.3 Å². The molecular formula is C12H12N2O. The summed E-state index contributed by atoms with van der Waals surface area (Å²) in [7, 11) is 0. The van der Waals surface area contributed by atoms with E-state index in [0.717, 1.165) is 23.7 Å². The highest BCUT2D eigenvalue weighted by Gasteiger charge is 2.22. The zero-order valence-electron chi connectivity index (χ0n) is 8.36. The number of hydrogen-bond donors (Lipinski definition) is 1. The van der Waals surface area contributed by atoms with Crippen LogP contribution in [0.4, 0.5) is 0 Å². The second-order valence-electron chi connectivity index (χ2n) is 4.18. The molecule has 1 aliphatic carbocycles. The molecule has 3 rings (SSSR count). The number of rotatable bonds is 2. The Morgan fingerprint density at radius 2 is 2.13 bits per heavy atom. The third kappa shape index (κ3) is 1.65. The van der Waals surface area contributed by atoms with Crippen LogP contribution in [-0.4, -0.2) is 9.97 Å². The Labute approximate surface area is 87.2 Å². The van der Waals surface area contributed by atoms with Gasteiger partial charge in [0.2, 0.25) is 0 Å². The molecule has 0 bridgehead atoms. The van der Waals surface area contributed by atoms with Crippen LogP contribution in [0.5, 0.6) is 0 Å². The van der Waals surface area contributed by atoms with Gasteiger partial charge in [-0.2, -0.15) is 0 Å². The van der Waals surface area contributed by atoms with Crippen LogP contribution in [0, 0.1) is 5.92 Å². The number of hydrogen-bond acceptors (Lipinski definition) is 2. The molecule has 1 aromatic heterocycles. The van der Waals surface area contributed by atoms with Crippen molar-refractivity contribution in [2.75, 3.05) is 0 Å². The summed E-state index contributed by atoms with van der Waals surface area (Å²) >= 11 is 0. The van der Waals surface area contributed by atoms with Crippen molar-refractivity contribution in [1.82, 2.24) is 9.97 Å². The maximum absolute atomic E-state index is 11.7. The van der Waals surface area contributed by atoms with Crippen molar-refractivity contribution < 1.29 is 0 Å². The predicted octanol–water partition coefficient (Wildman–Crippen LogP) is 1.88. The highest BCUT2D eigenvalue weighted by Crippen LogP contribution is 2.31. The Morgan fingerprint density at radius 1 is 1.33 bits per heavy atom. The van der Waals surface area contributed by atoms with Gasteiger partial charge in [0.15, 0.2) is 0 Å². The first-order valence-electron chi connectivity index (χ1n) is 5.31. The Bertz CT molecular complexity index is 555.